The Hall–Kier alpha value is -3.33. The fraction of sp³-hybridized carbons (Fsp3) is 0.333. The Bertz CT molecular complexity index is 1230. The molecule has 1 heterocycles. The lowest BCUT2D eigenvalue weighted by molar-refractivity contribution is -0.120. The van der Waals surface area contributed by atoms with Crippen LogP contribution in [0.5, 0.6) is 5.75 Å². The van der Waals surface area contributed by atoms with Gasteiger partial charge in [-0.3, -0.25) is 14.2 Å². The van der Waals surface area contributed by atoms with Crippen molar-refractivity contribution in [3.05, 3.63) is 71.0 Å². The van der Waals surface area contributed by atoms with Crippen LogP contribution in [0.3, 0.4) is 0 Å². The summed E-state index contributed by atoms with van der Waals surface area (Å²) in [7, 11) is -2.51. The van der Waals surface area contributed by atoms with Crippen LogP contribution in [-0.2, 0) is 21.2 Å². The second kappa shape index (κ2) is 9.27. The third kappa shape index (κ3) is 4.59. The van der Waals surface area contributed by atoms with E-state index in [-0.39, 0.29) is 23.4 Å². The standard InChI is InChI=1S/C24H28N4O4S/c1-16-24(17(2)27-26-16)33(30,31)28(19-11-13-20(32-3)14-12-19)15-23(29)25-22-10-6-8-18-7-4-5-9-21(18)22/h4-5,7,9,11-14,22H,6,8,10,15H2,1-3H3,(H,25,29)(H,26,27). The van der Waals surface area contributed by atoms with Crippen LogP contribution in [0, 0.1) is 13.8 Å². The zero-order valence-corrected chi connectivity index (χ0v) is 19.8. The molecule has 9 heteroatoms. The monoisotopic (exact) mass is 468 g/mol. The maximum Gasteiger partial charge on any atom is 0.268 e. The average molecular weight is 469 g/mol. The van der Waals surface area contributed by atoms with E-state index in [4.69, 9.17) is 4.74 Å². The number of nitrogens with zero attached hydrogens (tertiary/aromatic N) is 2. The van der Waals surface area contributed by atoms with Crippen LogP contribution in [0.25, 0.3) is 0 Å². The van der Waals surface area contributed by atoms with Gasteiger partial charge in [-0.05, 0) is 68.5 Å². The lowest BCUT2D eigenvalue weighted by atomic mass is 9.88. The summed E-state index contributed by atoms with van der Waals surface area (Å²) in [4.78, 5) is 13.2. The number of fused-ring (bicyclic) bond motifs is 1. The molecular formula is C24H28N4O4S. The molecule has 1 aromatic heterocycles. The molecule has 0 spiro atoms. The highest BCUT2D eigenvalue weighted by Gasteiger charge is 2.32. The number of H-pyrrole nitrogens is 1. The fourth-order valence-corrected chi connectivity index (χ4v) is 6.13. The molecule has 0 saturated carbocycles. The summed E-state index contributed by atoms with van der Waals surface area (Å²) in [6, 6.07) is 14.5. The Labute approximate surface area is 194 Å². The van der Waals surface area contributed by atoms with Gasteiger partial charge in [-0.2, -0.15) is 5.10 Å². The first-order chi connectivity index (χ1) is 15.8. The molecule has 0 saturated heterocycles. The van der Waals surface area contributed by atoms with Crippen molar-refractivity contribution in [1.82, 2.24) is 15.5 Å². The molecule has 0 fully saturated rings. The van der Waals surface area contributed by atoms with Crippen LogP contribution in [-0.4, -0.2) is 38.2 Å². The molecule has 0 aliphatic heterocycles. The Kier molecular flexibility index (Phi) is 6.42. The molecule has 3 aromatic rings. The van der Waals surface area contributed by atoms with Gasteiger partial charge >= 0.3 is 0 Å². The molecule has 1 atom stereocenters. The van der Waals surface area contributed by atoms with Gasteiger partial charge in [0, 0.05) is 0 Å². The lowest BCUT2D eigenvalue weighted by Gasteiger charge is -2.29. The molecule has 1 aliphatic carbocycles. The number of aryl methyl sites for hydroxylation is 3. The Morgan fingerprint density at radius 1 is 1.18 bits per heavy atom. The predicted octanol–water partition coefficient (Wildman–Crippen LogP) is 3.42. The fourth-order valence-electron chi connectivity index (χ4n) is 4.37. The van der Waals surface area contributed by atoms with E-state index in [1.807, 2.05) is 18.2 Å². The van der Waals surface area contributed by atoms with E-state index >= 15 is 0 Å². The molecule has 2 N–H and O–H groups in total. The van der Waals surface area contributed by atoms with Gasteiger partial charge in [0.2, 0.25) is 5.91 Å². The number of ether oxygens (including phenoxy) is 1. The molecular weight excluding hydrogens is 440 g/mol. The third-order valence-corrected chi connectivity index (χ3v) is 8.00. The maximum atomic E-state index is 13.7. The number of nitrogens with one attached hydrogen (secondary N) is 2. The molecule has 8 nitrogen and oxygen atoms in total. The van der Waals surface area contributed by atoms with Crippen molar-refractivity contribution in [2.24, 2.45) is 0 Å². The van der Waals surface area contributed by atoms with Crippen LogP contribution in [0.4, 0.5) is 5.69 Å². The van der Waals surface area contributed by atoms with E-state index < -0.39 is 10.0 Å². The molecule has 174 valence electrons. The Balaban J connectivity index is 1.65. The van der Waals surface area contributed by atoms with Crippen LogP contribution in [0.2, 0.25) is 0 Å². The number of sulfonamides is 1. The van der Waals surface area contributed by atoms with Crippen LogP contribution in [0.1, 0.15) is 41.4 Å². The van der Waals surface area contributed by atoms with Gasteiger partial charge < -0.3 is 10.1 Å². The largest absolute Gasteiger partial charge is 0.497 e. The van der Waals surface area contributed by atoms with E-state index in [0.717, 1.165) is 29.1 Å². The minimum atomic E-state index is -4.05. The number of carbonyl (C=O) groups is 1. The van der Waals surface area contributed by atoms with E-state index in [1.54, 1.807) is 38.1 Å². The number of hydrogen-bond acceptors (Lipinski definition) is 5. The number of carbonyl (C=O) groups excluding carboxylic acids is 1. The molecule has 1 amide bonds. The number of anilines is 1. The van der Waals surface area contributed by atoms with Crippen molar-refractivity contribution >= 4 is 21.6 Å². The van der Waals surface area contributed by atoms with Crippen molar-refractivity contribution in [1.29, 1.82) is 0 Å². The van der Waals surface area contributed by atoms with Gasteiger partial charge in [0.25, 0.3) is 10.0 Å². The van der Waals surface area contributed by atoms with Crippen molar-refractivity contribution in [3.63, 3.8) is 0 Å². The third-order valence-electron chi connectivity index (χ3n) is 5.96. The van der Waals surface area contributed by atoms with E-state index in [9.17, 15) is 13.2 Å². The number of methoxy groups -OCH3 is 1. The highest BCUT2D eigenvalue weighted by atomic mass is 32.2. The first-order valence-electron chi connectivity index (χ1n) is 10.9. The van der Waals surface area contributed by atoms with E-state index in [0.29, 0.717) is 22.8 Å². The van der Waals surface area contributed by atoms with Crippen LogP contribution >= 0.6 is 0 Å². The van der Waals surface area contributed by atoms with Crippen molar-refractivity contribution in [2.75, 3.05) is 18.0 Å². The number of rotatable bonds is 7. The maximum absolute atomic E-state index is 13.7. The summed E-state index contributed by atoms with van der Waals surface area (Å²) < 4.78 is 33.7. The van der Waals surface area contributed by atoms with Crippen LogP contribution < -0.4 is 14.4 Å². The number of benzene rings is 2. The highest BCUT2D eigenvalue weighted by molar-refractivity contribution is 7.93. The summed E-state index contributed by atoms with van der Waals surface area (Å²) >= 11 is 0. The lowest BCUT2D eigenvalue weighted by Crippen LogP contribution is -2.42. The number of amides is 1. The van der Waals surface area contributed by atoms with Gasteiger partial charge in [-0.25, -0.2) is 8.42 Å². The molecule has 1 aliphatic rings. The van der Waals surface area contributed by atoms with E-state index in [1.165, 1.54) is 12.7 Å². The summed E-state index contributed by atoms with van der Waals surface area (Å²) in [5.41, 5.74) is 3.46. The second-order valence-electron chi connectivity index (χ2n) is 8.18. The Morgan fingerprint density at radius 3 is 2.58 bits per heavy atom. The zero-order valence-electron chi connectivity index (χ0n) is 19.0. The molecule has 1 unspecified atom stereocenters. The van der Waals surface area contributed by atoms with Crippen molar-refractivity contribution < 1.29 is 17.9 Å². The normalized spacial score (nSPS) is 15.5. The van der Waals surface area contributed by atoms with Gasteiger partial charge in [-0.1, -0.05) is 24.3 Å². The van der Waals surface area contributed by atoms with Crippen molar-refractivity contribution in [3.8, 4) is 5.75 Å². The highest BCUT2D eigenvalue weighted by Crippen LogP contribution is 2.31. The van der Waals surface area contributed by atoms with E-state index in [2.05, 4.69) is 21.6 Å². The molecule has 33 heavy (non-hydrogen) atoms. The molecule has 2 aromatic carbocycles. The SMILES string of the molecule is COc1ccc(N(CC(=O)NC2CCCc3ccccc32)S(=O)(=O)c2c(C)n[nH]c2C)cc1. The number of hydrogen-bond donors (Lipinski definition) is 2. The molecule has 0 radical (unpaired) electrons. The van der Waals surface area contributed by atoms with Gasteiger partial charge in [0.1, 0.15) is 17.2 Å². The van der Waals surface area contributed by atoms with Gasteiger partial charge in [-0.15, -0.1) is 0 Å². The van der Waals surface area contributed by atoms with Gasteiger partial charge in [0.15, 0.2) is 0 Å². The predicted molar refractivity (Wildman–Crippen MR) is 126 cm³/mol. The minimum absolute atomic E-state index is 0.0779. The Morgan fingerprint density at radius 2 is 1.91 bits per heavy atom. The minimum Gasteiger partial charge on any atom is -0.497 e. The molecule has 0 bridgehead atoms. The van der Waals surface area contributed by atoms with Crippen molar-refractivity contribution in [2.45, 2.75) is 44.0 Å². The first-order valence-corrected chi connectivity index (χ1v) is 12.3. The number of aromatic amines is 1. The summed E-state index contributed by atoms with van der Waals surface area (Å²) in [5, 5.41) is 9.80. The number of aromatic nitrogens is 2. The smallest absolute Gasteiger partial charge is 0.268 e. The summed E-state index contributed by atoms with van der Waals surface area (Å²) in [6.07, 6.45) is 2.77. The first kappa shape index (κ1) is 22.8. The van der Waals surface area contributed by atoms with Crippen LogP contribution in [0.15, 0.2) is 53.4 Å². The quantitative estimate of drug-likeness (QED) is 0.553. The van der Waals surface area contributed by atoms with Gasteiger partial charge in [0.05, 0.1) is 30.2 Å². The summed E-state index contributed by atoms with van der Waals surface area (Å²) in [5.74, 6) is 0.227. The zero-order chi connectivity index (χ0) is 23.6. The summed E-state index contributed by atoms with van der Waals surface area (Å²) in [6.45, 7) is 2.93. The average Bonchev–Trinajstić information content (AvgIpc) is 3.16. The topological polar surface area (TPSA) is 104 Å². The second-order valence-corrected chi connectivity index (χ2v) is 9.98. The molecule has 4 rings (SSSR count).